The van der Waals surface area contributed by atoms with Crippen molar-refractivity contribution in [3.8, 4) is 11.3 Å². The molecule has 1 aromatic heterocycles. The van der Waals surface area contributed by atoms with E-state index >= 15 is 0 Å². The Morgan fingerprint density at radius 1 is 1.19 bits per heavy atom. The van der Waals surface area contributed by atoms with Gasteiger partial charge in [-0.2, -0.15) is 0 Å². The molecule has 0 amide bonds. The number of halogens is 1. The first-order valence-corrected chi connectivity index (χ1v) is 7.78. The summed E-state index contributed by atoms with van der Waals surface area (Å²) in [5.41, 5.74) is 2.34. The summed E-state index contributed by atoms with van der Waals surface area (Å²) in [6.45, 7) is 4.71. The fourth-order valence-electron chi connectivity index (χ4n) is 2.43. The number of hydrogen-bond donors (Lipinski definition) is 1. The number of aliphatic hydroxyl groups is 1. The van der Waals surface area contributed by atoms with Crippen molar-refractivity contribution in [1.82, 2.24) is 4.98 Å². The SMILES string of the molecule is CC(=O)C=C(C)O.Cc1cc(F)[c-]c(-c2nccc3ccccc23)c1.[Ir]. The molecule has 137 valence electrons. The van der Waals surface area contributed by atoms with E-state index < -0.39 is 0 Å². The Hall–Kier alpha value is -2.36. The van der Waals surface area contributed by atoms with Crippen LogP contribution >= 0.6 is 0 Å². The second-order valence-electron chi connectivity index (χ2n) is 5.70. The maximum absolute atomic E-state index is 13.4. The molecule has 0 bridgehead atoms. The van der Waals surface area contributed by atoms with Crippen LogP contribution in [0.1, 0.15) is 19.4 Å². The number of aryl methyl sites for hydroxylation is 1. The minimum Gasteiger partial charge on any atom is -0.512 e. The molecule has 1 N–H and O–H groups in total. The number of fused-ring (bicyclic) bond motifs is 1. The van der Waals surface area contributed by atoms with Gasteiger partial charge in [0.05, 0.1) is 5.76 Å². The van der Waals surface area contributed by atoms with Crippen molar-refractivity contribution in [1.29, 1.82) is 0 Å². The number of hydrogen-bond acceptors (Lipinski definition) is 3. The fraction of sp³-hybridized carbons (Fsp3) is 0.143. The van der Waals surface area contributed by atoms with Crippen molar-refractivity contribution in [3.05, 3.63) is 77.9 Å². The van der Waals surface area contributed by atoms with Crippen LogP contribution in [0.4, 0.5) is 4.39 Å². The van der Waals surface area contributed by atoms with E-state index in [1.807, 2.05) is 43.3 Å². The van der Waals surface area contributed by atoms with E-state index in [1.165, 1.54) is 26.0 Å². The van der Waals surface area contributed by atoms with E-state index in [0.29, 0.717) is 5.56 Å². The van der Waals surface area contributed by atoms with Gasteiger partial charge < -0.3 is 10.1 Å². The van der Waals surface area contributed by atoms with Crippen LogP contribution in [-0.2, 0) is 24.9 Å². The van der Waals surface area contributed by atoms with Gasteiger partial charge in [-0.3, -0.25) is 4.79 Å². The summed E-state index contributed by atoms with van der Waals surface area (Å²) in [7, 11) is 0. The molecule has 0 aliphatic heterocycles. The van der Waals surface area contributed by atoms with E-state index in [0.717, 1.165) is 22.0 Å². The number of pyridine rings is 1. The number of aromatic nitrogens is 1. The standard InChI is InChI=1S/C16H11FN.C5H8O2.Ir/c1-11-8-13(10-14(17)9-11)16-15-5-3-2-4-12(15)6-7-18-16;1-4(6)3-5(2)7;/h2-9H,1H3;3,6H,1-2H3;/q-1;;. The van der Waals surface area contributed by atoms with Crippen LogP contribution < -0.4 is 0 Å². The summed E-state index contributed by atoms with van der Waals surface area (Å²) in [4.78, 5) is 14.4. The molecule has 0 aliphatic carbocycles. The molecule has 0 saturated carbocycles. The van der Waals surface area contributed by atoms with Gasteiger partial charge >= 0.3 is 0 Å². The molecular weight excluding hydrogens is 509 g/mol. The van der Waals surface area contributed by atoms with Crippen molar-refractivity contribution in [3.63, 3.8) is 0 Å². The molecule has 2 aromatic carbocycles. The topological polar surface area (TPSA) is 50.2 Å². The van der Waals surface area contributed by atoms with Crippen LogP contribution in [-0.4, -0.2) is 15.9 Å². The van der Waals surface area contributed by atoms with Crippen LogP contribution in [0.3, 0.4) is 0 Å². The Morgan fingerprint density at radius 3 is 2.46 bits per heavy atom. The summed E-state index contributed by atoms with van der Waals surface area (Å²) in [5.74, 6) is -0.410. The number of benzene rings is 2. The summed E-state index contributed by atoms with van der Waals surface area (Å²) in [6, 6.07) is 16.0. The molecule has 3 aromatic rings. The molecule has 0 spiro atoms. The third kappa shape index (κ3) is 6.17. The van der Waals surface area contributed by atoms with Gasteiger partial charge in [0.2, 0.25) is 0 Å². The molecular formula is C21H19FIrNO2-. The Balaban J connectivity index is 0.000000366. The van der Waals surface area contributed by atoms with Gasteiger partial charge in [0.25, 0.3) is 0 Å². The predicted molar refractivity (Wildman–Crippen MR) is 97.8 cm³/mol. The van der Waals surface area contributed by atoms with Crippen LogP contribution in [0.2, 0.25) is 0 Å². The van der Waals surface area contributed by atoms with Gasteiger partial charge in [0, 0.05) is 38.2 Å². The minimum atomic E-state index is -0.347. The summed E-state index contributed by atoms with van der Waals surface area (Å²) in [5, 5.41) is 10.5. The fourth-order valence-corrected chi connectivity index (χ4v) is 2.43. The zero-order chi connectivity index (χ0) is 18.4. The third-order valence-electron chi connectivity index (χ3n) is 3.32. The molecule has 1 heterocycles. The number of carbonyl (C=O) groups is 1. The number of rotatable bonds is 2. The van der Waals surface area contributed by atoms with Crippen LogP contribution in [0.15, 0.2) is 60.5 Å². The van der Waals surface area contributed by atoms with Crippen molar-refractivity contribution in [2.75, 3.05) is 0 Å². The zero-order valence-electron chi connectivity index (χ0n) is 14.7. The van der Waals surface area contributed by atoms with E-state index in [2.05, 4.69) is 11.1 Å². The van der Waals surface area contributed by atoms with Crippen molar-refractivity contribution >= 4 is 16.6 Å². The van der Waals surface area contributed by atoms with Crippen molar-refractivity contribution in [2.24, 2.45) is 0 Å². The second-order valence-corrected chi connectivity index (χ2v) is 5.70. The summed E-state index contributed by atoms with van der Waals surface area (Å²) >= 11 is 0. The van der Waals surface area contributed by atoms with Gasteiger partial charge in [-0.25, -0.2) is 4.39 Å². The van der Waals surface area contributed by atoms with Crippen LogP contribution in [0.25, 0.3) is 22.0 Å². The quantitative estimate of drug-likeness (QED) is 0.283. The van der Waals surface area contributed by atoms with Crippen LogP contribution in [0, 0.1) is 18.8 Å². The third-order valence-corrected chi connectivity index (χ3v) is 3.32. The number of nitrogens with zero attached hydrogens (tertiary/aromatic N) is 1. The first-order valence-electron chi connectivity index (χ1n) is 7.78. The molecule has 0 unspecified atom stereocenters. The normalized spacial score (nSPS) is 10.5. The van der Waals surface area contributed by atoms with Gasteiger partial charge in [0.1, 0.15) is 0 Å². The number of allylic oxidation sites excluding steroid dienone is 2. The maximum atomic E-state index is 13.4. The smallest absolute Gasteiger partial charge is 0.155 e. The average molecular weight is 529 g/mol. The molecule has 0 atom stereocenters. The van der Waals surface area contributed by atoms with Crippen LogP contribution in [0.5, 0.6) is 0 Å². The minimum absolute atomic E-state index is 0. The van der Waals surface area contributed by atoms with E-state index in [4.69, 9.17) is 5.11 Å². The largest absolute Gasteiger partial charge is 0.512 e. The molecule has 3 rings (SSSR count). The Labute approximate surface area is 165 Å². The zero-order valence-corrected chi connectivity index (χ0v) is 17.1. The Morgan fingerprint density at radius 2 is 1.88 bits per heavy atom. The molecule has 1 radical (unpaired) electrons. The maximum Gasteiger partial charge on any atom is 0.155 e. The van der Waals surface area contributed by atoms with Gasteiger partial charge in [-0.05, 0) is 36.4 Å². The average Bonchev–Trinajstić information content (AvgIpc) is 2.52. The molecule has 3 nitrogen and oxygen atoms in total. The molecule has 0 fully saturated rings. The predicted octanol–water partition coefficient (Wildman–Crippen LogP) is 5.18. The first-order chi connectivity index (χ1) is 11.9. The van der Waals surface area contributed by atoms with Gasteiger partial charge in [0.15, 0.2) is 5.78 Å². The van der Waals surface area contributed by atoms with Crippen molar-refractivity contribution < 1.29 is 34.4 Å². The van der Waals surface area contributed by atoms with Gasteiger partial charge in [-0.15, -0.1) is 29.3 Å². The van der Waals surface area contributed by atoms with E-state index in [9.17, 15) is 9.18 Å². The van der Waals surface area contributed by atoms with Crippen molar-refractivity contribution in [2.45, 2.75) is 20.8 Å². The van der Waals surface area contributed by atoms with Gasteiger partial charge in [-0.1, -0.05) is 31.2 Å². The second kappa shape index (κ2) is 9.95. The Kier molecular flexibility index (Phi) is 8.30. The summed E-state index contributed by atoms with van der Waals surface area (Å²) in [6.07, 6.45) is 2.91. The number of aliphatic hydroxyl groups excluding tert-OH is 1. The monoisotopic (exact) mass is 529 g/mol. The van der Waals surface area contributed by atoms with E-state index in [1.54, 1.807) is 6.20 Å². The molecule has 0 saturated heterocycles. The molecule has 5 heteroatoms. The van der Waals surface area contributed by atoms with E-state index in [-0.39, 0.29) is 37.5 Å². The number of carbonyl (C=O) groups excluding carboxylic acids is 1. The molecule has 26 heavy (non-hydrogen) atoms. The first kappa shape index (κ1) is 21.7. The molecule has 0 aliphatic rings. The summed E-state index contributed by atoms with van der Waals surface area (Å²) < 4.78 is 13.4. The Bertz CT molecular complexity index is 909. The number of ketones is 1.